The summed E-state index contributed by atoms with van der Waals surface area (Å²) < 4.78 is 0. The molecule has 1 amide bonds. The zero-order valence-corrected chi connectivity index (χ0v) is 13.2. The molecule has 106 valence electrons. The van der Waals surface area contributed by atoms with Gasteiger partial charge >= 0.3 is 0 Å². The Hall–Kier alpha value is -1.68. The first-order valence-electron chi connectivity index (χ1n) is 6.77. The van der Waals surface area contributed by atoms with E-state index in [1.165, 1.54) is 16.9 Å². The number of hydrogen-bond donors (Lipinski definition) is 1. The van der Waals surface area contributed by atoms with Gasteiger partial charge in [0.15, 0.2) is 0 Å². The number of thiazole rings is 1. The SMILES string of the molecule is Cc1cccc(C(C)C)c1NC(=O)Cc1scnc1C. The number of para-hydroxylation sites is 1. The molecule has 0 saturated carbocycles. The molecule has 0 spiro atoms. The van der Waals surface area contributed by atoms with Crippen LogP contribution < -0.4 is 5.32 Å². The van der Waals surface area contributed by atoms with E-state index in [2.05, 4.69) is 30.2 Å². The largest absolute Gasteiger partial charge is 0.325 e. The normalized spacial score (nSPS) is 10.8. The van der Waals surface area contributed by atoms with Crippen molar-refractivity contribution >= 4 is 22.9 Å². The van der Waals surface area contributed by atoms with Gasteiger partial charge in [-0.25, -0.2) is 4.98 Å². The van der Waals surface area contributed by atoms with E-state index in [0.29, 0.717) is 12.3 Å². The molecule has 0 bridgehead atoms. The molecule has 1 heterocycles. The number of aryl methyl sites for hydroxylation is 2. The predicted octanol–water partition coefficient (Wildman–Crippen LogP) is 4.06. The molecule has 2 aromatic rings. The highest BCUT2D eigenvalue weighted by atomic mass is 32.1. The highest BCUT2D eigenvalue weighted by molar-refractivity contribution is 7.09. The number of carbonyl (C=O) groups excluding carboxylic acids is 1. The third kappa shape index (κ3) is 3.25. The molecule has 0 unspecified atom stereocenters. The highest BCUT2D eigenvalue weighted by Gasteiger charge is 2.13. The van der Waals surface area contributed by atoms with Crippen LogP contribution in [0.3, 0.4) is 0 Å². The lowest BCUT2D eigenvalue weighted by Crippen LogP contribution is -2.16. The molecule has 0 fully saturated rings. The topological polar surface area (TPSA) is 42.0 Å². The van der Waals surface area contributed by atoms with Crippen LogP contribution in [-0.4, -0.2) is 10.9 Å². The molecule has 0 aliphatic carbocycles. The lowest BCUT2D eigenvalue weighted by atomic mass is 9.98. The Kier molecular flexibility index (Phi) is 4.55. The summed E-state index contributed by atoms with van der Waals surface area (Å²) in [5.41, 5.74) is 5.96. The van der Waals surface area contributed by atoms with Crippen molar-refractivity contribution in [2.45, 2.75) is 40.0 Å². The first-order valence-corrected chi connectivity index (χ1v) is 7.65. The van der Waals surface area contributed by atoms with E-state index in [4.69, 9.17) is 0 Å². The van der Waals surface area contributed by atoms with E-state index in [1.807, 2.05) is 26.0 Å². The minimum atomic E-state index is 0.0218. The van der Waals surface area contributed by atoms with E-state index in [1.54, 1.807) is 5.51 Å². The van der Waals surface area contributed by atoms with Gasteiger partial charge in [-0.05, 0) is 30.9 Å². The fourth-order valence-corrected chi connectivity index (χ4v) is 2.94. The highest BCUT2D eigenvalue weighted by Crippen LogP contribution is 2.27. The average Bonchev–Trinajstić information content (AvgIpc) is 2.77. The Balaban J connectivity index is 2.18. The number of nitrogens with zero attached hydrogens (tertiary/aromatic N) is 1. The van der Waals surface area contributed by atoms with Crippen LogP contribution in [0.25, 0.3) is 0 Å². The first-order chi connectivity index (χ1) is 9.49. The van der Waals surface area contributed by atoms with Crippen molar-refractivity contribution < 1.29 is 4.79 Å². The molecule has 0 aliphatic heterocycles. The van der Waals surface area contributed by atoms with Crippen LogP contribution in [-0.2, 0) is 11.2 Å². The van der Waals surface area contributed by atoms with Gasteiger partial charge in [0.1, 0.15) is 0 Å². The second-order valence-electron chi connectivity index (χ2n) is 5.28. The number of benzene rings is 1. The maximum Gasteiger partial charge on any atom is 0.229 e. The van der Waals surface area contributed by atoms with Gasteiger partial charge in [-0.3, -0.25) is 4.79 Å². The minimum Gasteiger partial charge on any atom is -0.325 e. The van der Waals surface area contributed by atoms with Crippen LogP contribution in [0.4, 0.5) is 5.69 Å². The minimum absolute atomic E-state index is 0.0218. The van der Waals surface area contributed by atoms with Crippen LogP contribution in [0.15, 0.2) is 23.7 Å². The van der Waals surface area contributed by atoms with Gasteiger partial charge < -0.3 is 5.32 Å². The molecular formula is C16H20N2OS. The summed E-state index contributed by atoms with van der Waals surface area (Å²) >= 11 is 1.53. The molecule has 0 aliphatic rings. The zero-order valence-electron chi connectivity index (χ0n) is 12.4. The summed E-state index contributed by atoms with van der Waals surface area (Å²) in [4.78, 5) is 17.4. The van der Waals surface area contributed by atoms with E-state index >= 15 is 0 Å². The molecule has 1 aromatic heterocycles. The van der Waals surface area contributed by atoms with Crippen molar-refractivity contribution in [3.8, 4) is 0 Å². The third-order valence-electron chi connectivity index (χ3n) is 3.36. The van der Waals surface area contributed by atoms with Gasteiger partial charge in [0.25, 0.3) is 0 Å². The number of amides is 1. The van der Waals surface area contributed by atoms with Gasteiger partial charge in [-0.1, -0.05) is 32.0 Å². The average molecular weight is 288 g/mol. The molecule has 0 atom stereocenters. The quantitative estimate of drug-likeness (QED) is 0.921. The lowest BCUT2D eigenvalue weighted by Gasteiger charge is -2.16. The third-order valence-corrected chi connectivity index (χ3v) is 4.29. The second kappa shape index (κ2) is 6.18. The van der Waals surface area contributed by atoms with Gasteiger partial charge in [0.05, 0.1) is 17.6 Å². The van der Waals surface area contributed by atoms with Crippen molar-refractivity contribution in [2.24, 2.45) is 0 Å². The zero-order chi connectivity index (χ0) is 14.7. The van der Waals surface area contributed by atoms with Crippen molar-refractivity contribution in [1.29, 1.82) is 0 Å². The van der Waals surface area contributed by atoms with Gasteiger partial charge in [0.2, 0.25) is 5.91 Å². The number of anilines is 1. The van der Waals surface area contributed by atoms with Crippen LogP contribution in [0.2, 0.25) is 0 Å². The lowest BCUT2D eigenvalue weighted by molar-refractivity contribution is -0.115. The molecule has 2 rings (SSSR count). The van der Waals surface area contributed by atoms with Gasteiger partial charge in [-0.15, -0.1) is 11.3 Å². The van der Waals surface area contributed by atoms with Crippen LogP contribution >= 0.6 is 11.3 Å². The molecule has 3 nitrogen and oxygen atoms in total. The van der Waals surface area contributed by atoms with E-state index < -0.39 is 0 Å². The smallest absolute Gasteiger partial charge is 0.229 e. The summed E-state index contributed by atoms with van der Waals surface area (Å²) in [5.74, 6) is 0.406. The summed E-state index contributed by atoms with van der Waals surface area (Å²) in [6.45, 7) is 8.24. The Morgan fingerprint density at radius 1 is 1.35 bits per heavy atom. The predicted molar refractivity (Wildman–Crippen MR) is 84.5 cm³/mol. The van der Waals surface area contributed by atoms with Crippen LogP contribution in [0, 0.1) is 13.8 Å². The number of aromatic nitrogens is 1. The van der Waals surface area contributed by atoms with Crippen LogP contribution in [0.1, 0.15) is 41.5 Å². The second-order valence-corrected chi connectivity index (χ2v) is 6.22. The maximum absolute atomic E-state index is 12.2. The van der Waals surface area contributed by atoms with Crippen molar-refractivity contribution in [3.05, 3.63) is 45.4 Å². The first kappa shape index (κ1) is 14.7. The monoisotopic (exact) mass is 288 g/mol. The molecule has 1 aromatic carbocycles. The molecule has 20 heavy (non-hydrogen) atoms. The number of rotatable bonds is 4. The Labute approximate surface area is 124 Å². The molecule has 0 saturated heterocycles. The van der Waals surface area contributed by atoms with Gasteiger partial charge in [0, 0.05) is 10.6 Å². The molecule has 4 heteroatoms. The molecular weight excluding hydrogens is 268 g/mol. The van der Waals surface area contributed by atoms with E-state index in [0.717, 1.165) is 21.8 Å². The van der Waals surface area contributed by atoms with Crippen LogP contribution in [0.5, 0.6) is 0 Å². The number of hydrogen-bond acceptors (Lipinski definition) is 3. The van der Waals surface area contributed by atoms with Crippen molar-refractivity contribution in [1.82, 2.24) is 4.98 Å². The summed E-state index contributed by atoms with van der Waals surface area (Å²) in [6, 6.07) is 6.14. The fourth-order valence-electron chi connectivity index (χ4n) is 2.17. The standard InChI is InChI=1S/C16H20N2OS/c1-10(2)13-7-5-6-11(3)16(13)18-15(19)8-14-12(4)17-9-20-14/h5-7,9-10H,8H2,1-4H3,(H,18,19). The van der Waals surface area contributed by atoms with E-state index in [-0.39, 0.29) is 5.91 Å². The fraction of sp³-hybridized carbons (Fsp3) is 0.375. The Bertz CT molecular complexity index is 617. The Morgan fingerprint density at radius 3 is 2.70 bits per heavy atom. The van der Waals surface area contributed by atoms with Crippen molar-refractivity contribution in [2.75, 3.05) is 5.32 Å². The van der Waals surface area contributed by atoms with Gasteiger partial charge in [-0.2, -0.15) is 0 Å². The van der Waals surface area contributed by atoms with Crippen molar-refractivity contribution in [3.63, 3.8) is 0 Å². The molecule has 0 radical (unpaired) electrons. The Morgan fingerprint density at radius 2 is 2.10 bits per heavy atom. The number of nitrogens with one attached hydrogen (secondary N) is 1. The van der Waals surface area contributed by atoms with E-state index in [9.17, 15) is 4.79 Å². The summed E-state index contributed by atoms with van der Waals surface area (Å²) in [6.07, 6.45) is 0.391. The number of carbonyl (C=O) groups is 1. The summed E-state index contributed by atoms with van der Waals surface area (Å²) in [7, 11) is 0. The maximum atomic E-state index is 12.2. The molecule has 1 N–H and O–H groups in total. The summed E-state index contributed by atoms with van der Waals surface area (Å²) in [5, 5.41) is 3.07.